The minimum atomic E-state index is 0.604. The fourth-order valence-electron chi connectivity index (χ4n) is 2.37. The summed E-state index contributed by atoms with van der Waals surface area (Å²) in [5.74, 6) is 1.47. The van der Waals surface area contributed by atoms with Crippen molar-refractivity contribution >= 4 is 35.0 Å². The van der Waals surface area contributed by atoms with E-state index in [1.807, 2.05) is 59.2 Å². The van der Waals surface area contributed by atoms with Crippen LogP contribution < -0.4 is 0 Å². The Morgan fingerprint density at radius 2 is 1.83 bits per heavy atom. The average molecular weight is 339 g/mol. The van der Waals surface area contributed by atoms with E-state index < -0.39 is 0 Å². The van der Waals surface area contributed by atoms with Gasteiger partial charge < -0.3 is 4.98 Å². The highest BCUT2D eigenvalue weighted by atomic mass is 32.2. The van der Waals surface area contributed by atoms with Gasteiger partial charge in [0.05, 0.1) is 16.9 Å². The molecule has 0 bridgehead atoms. The second kappa shape index (κ2) is 6.02. The van der Waals surface area contributed by atoms with Crippen molar-refractivity contribution in [3.63, 3.8) is 0 Å². The van der Waals surface area contributed by atoms with E-state index in [9.17, 15) is 0 Å². The van der Waals surface area contributed by atoms with Crippen LogP contribution in [-0.4, -0.2) is 24.7 Å². The number of fused-ring (bicyclic) bond motifs is 1. The molecule has 0 radical (unpaired) electrons. The highest BCUT2D eigenvalue weighted by Gasteiger charge is 2.10. The highest BCUT2D eigenvalue weighted by molar-refractivity contribution is 7.98. The van der Waals surface area contributed by atoms with Gasteiger partial charge in [0.2, 0.25) is 0 Å². The summed E-state index contributed by atoms with van der Waals surface area (Å²) in [5.41, 5.74) is 3.04. The Bertz CT molecular complexity index is 967. The first-order valence-electron chi connectivity index (χ1n) is 7.09. The lowest BCUT2D eigenvalue weighted by atomic mass is 10.2. The van der Waals surface area contributed by atoms with E-state index in [-0.39, 0.29) is 0 Å². The van der Waals surface area contributed by atoms with E-state index in [0.29, 0.717) is 10.6 Å². The van der Waals surface area contributed by atoms with Crippen molar-refractivity contribution in [2.75, 3.05) is 0 Å². The van der Waals surface area contributed by atoms with E-state index in [4.69, 9.17) is 12.2 Å². The molecular weight excluding hydrogens is 326 g/mol. The summed E-state index contributed by atoms with van der Waals surface area (Å²) in [6.45, 7) is 0. The van der Waals surface area contributed by atoms with Gasteiger partial charge in [0.25, 0.3) is 0 Å². The van der Waals surface area contributed by atoms with Crippen LogP contribution in [0.5, 0.6) is 0 Å². The SMILES string of the molecule is S=c1[nH]nc(-c2ccccc2)n1CSc1nc2ccccc2[nH]1. The quantitative estimate of drug-likeness (QED) is 0.431. The zero-order valence-electron chi connectivity index (χ0n) is 12.1. The predicted molar refractivity (Wildman–Crippen MR) is 94.8 cm³/mol. The molecule has 4 rings (SSSR count). The number of nitrogens with zero attached hydrogens (tertiary/aromatic N) is 3. The molecule has 0 atom stereocenters. The van der Waals surface area contributed by atoms with Crippen molar-refractivity contribution in [3.05, 3.63) is 59.4 Å². The molecule has 2 heterocycles. The van der Waals surface area contributed by atoms with Crippen LogP contribution in [-0.2, 0) is 5.88 Å². The Labute approximate surface area is 141 Å². The molecule has 114 valence electrons. The number of aromatic amines is 2. The fourth-order valence-corrected chi connectivity index (χ4v) is 3.49. The number of nitrogens with one attached hydrogen (secondary N) is 2. The molecule has 4 aromatic rings. The molecule has 0 saturated carbocycles. The van der Waals surface area contributed by atoms with Crippen molar-refractivity contribution < 1.29 is 0 Å². The van der Waals surface area contributed by atoms with Gasteiger partial charge in [-0.3, -0.25) is 9.67 Å². The predicted octanol–water partition coefficient (Wildman–Crippen LogP) is 4.23. The van der Waals surface area contributed by atoms with Crippen LogP contribution >= 0.6 is 24.0 Å². The topological polar surface area (TPSA) is 62.3 Å². The molecule has 23 heavy (non-hydrogen) atoms. The van der Waals surface area contributed by atoms with Crippen molar-refractivity contribution in [1.29, 1.82) is 0 Å². The zero-order valence-corrected chi connectivity index (χ0v) is 13.7. The molecule has 0 spiro atoms. The maximum absolute atomic E-state index is 5.35. The first-order chi connectivity index (χ1) is 11.3. The van der Waals surface area contributed by atoms with Gasteiger partial charge >= 0.3 is 0 Å². The van der Waals surface area contributed by atoms with Gasteiger partial charge in [0, 0.05) is 5.56 Å². The maximum atomic E-state index is 5.35. The smallest absolute Gasteiger partial charge is 0.196 e. The maximum Gasteiger partial charge on any atom is 0.196 e. The van der Waals surface area contributed by atoms with Gasteiger partial charge in [-0.05, 0) is 24.4 Å². The lowest BCUT2D eigenvalue weighted by Crippen LogP contribution is -1.98. The Kier molecular flexibility index (Phi) is 3.72. The summed E-state index contributed by atoms with van der Waals surface area (Å²) in [7, 11) is 0. The van der Waals surface area contributed by atoms with E-state index in [2.05, 4.69) is 20.2 Å². The molecule has 0 aliphatic carbocycles. The molecule has 2 aromatic heterocycles. The molecule has 0 unspecified atom stereocenters. The molecular formula is C16H13N5S2. The Morgan fingerprint density at radius 3 is 2.65 bits per heavy atom. The first-order valence-corrected chi connectivity index (χ1v) is 8.49. The molecule has 0 aliphatic rings. The van der Waals surface area contributed by atoms with Gasteiger partial charge in [-0.1, -0.05) is 54.2 Å². The van der Waals surface area contributed by atoms with Gasteiger partial charge in [-0.15, -0.1) is 0 Å². The van der Waals surface area contributed by atoms with E-state index in [1.165, 1.54) is 0 Å². The lowest BCUT2D eigenvalue weighted by Gasteiger charge is -2.05. The fraction of sp³-hybridized carbons (Fsp3) is 0.0625. The molecule has 0 aliphatic heterocycles. The number of H-pyrrole nitrogens is 2. The number of hydrogen-bond donors (Lipinski definition) is 2. The monoisotopic (exact) mass is 339 g/mol. The van der Waals surface area contributed by atoms with Crippen LogP contribution in [0.4, 0.5) is 0 Å². The molecule has 2 aromatic carbocycles. The number of aromatic nitrogens is 5. The number of hydrogen-bond acceptors (Lipinski definition) is 4. The third kappa shape index (κ3) is 2.80. The molecule has 0 fully saturated rings. The number of imidazole rings is 1. The second-order valence-electron chi connectivity index (χ2n) is 4.98. The van der Waals surface area contributed by atoms with Gasteiger partial charge in [-0.25, -0.2) is 4.98 Å². The van der Waals surface area contributed by atoms with Crippen LogP contribution in [0.1, 0.15) is 0 Å². The van der Waals surface area contributed by atoms with E-state index in [1.54, 1.807) is 11.8 Å². The molecule has 7 heteroatoms. The standard InChI is InChI=1S/C16H13N5S2/c22-16-20-19-14(11-6-2-1-3-7-11)21(16)10-23-15-17-12-8-4-5-9-13(12)18-15/h1-9H,10H2,(H,17,18)(H,20,22). The third-order valence-corrected chi connectivity index (χ3v) is 4.65. The minimum absolute atomic E-state index is 0.604. The first kappa shape index (κ1) is 14.2. The minimum Gasteiger partial charge on any atom is -0.333 e. The van der Waals surface area contributed by atoms with Gasteiger partial charge in [-0.2, -0.15) is 5.10 Å². The van der Waals surface area contributed by atoms with Gasteiger partial charge in [0.15, 0.2) is 15.8 Å². The lowest BCUT2D eigenvalue weighted by molar-refractivity contribution is 0.873. The second-order valence-corrected chi connectivity index (χ2v) is 6.30. The number of rotatable bonds is 4. The summed E-state index contributed by atoms with van der Waals surface area (Å²) in [6.07, 6.45) is 0. The van der Waals surface area contributed by atoms with Crippen molar-refractivity contribution in [2.45, 2.75) is 11.0 Å². The zero-order chi connectivity index (χ0) is 15.6. The summed E-state index contributed by atoms with van der Waals surface area (Å²) < 4.78 is 2.58. The third-order valence-electron chi connectivity index (χ3n) is 3.49. The largest absolute Gasteiger partial charge is 0.333 e. The van der Waals surface area contributed by atoms with E-state index >= 15 is 0 Å². The molecule has 5 nitrogen and oxygen atoms in total. The Hall–Kier alpha value is -2.38. The Balaban J connectivity index is 1.62. The van der Waals surface area contributed by atoms with Crippen molar-refractivity contribution in [3.8, 4) is 11.4 Å². The molecule has 2 N–H and O–H groups in total. The normalized spacial score (nSPS) is 11.1. The van der Waals surface area contributed by atoms with Crippen LogP contribution in [0.25, 0.3) is 22.4 Å². The van der Waals surface area contributed by atoms with Gasteiger partial charge in [0.1, 0.15) is 0 Å². The highest BCUT2D eigenvalue weighted by Crippen LogP contribution is 2.24. The summed E-state index contributed by atoms with van der Waals surface area (Å²) >= 11 is 6.95. The number of thioether (sulfide) groups is 1. The summed E-state index contributed by atoms with van der Waals surface area (Å²) in [5, 5.41) is 8.08. The summed E-state index contributed by atoms with van der Waals surface area (Å²) in [4.78, 5) is 7.88. The average Bonchev–Trinajstić information content (AvgIpc) is 3.16. The summed E-state index contributed by atoms with van der Waals surface area (Å²) in [6, 6.07) is 18.0. The molecule has 0 saturated heterocycles. The van der Waals surface area contributed by atoms with Crippen LogP contribution in [0, 0.1) is 4.77 Å². The Morgan fingerprint density at radius 1 is 1.04 bits per heavy atom. The van der Waals surface area contributed by atoms with Crippen LogP contribution in [0.15, 0.2) is 59.8 Å². The molecule has 0 amide bonds. The van der Waals surface area contributed by atoms with Crippen LogP contribution in [0.2, 0.25) is 0 Å². The van der Waals surface area contributed by atoms with Crippen molar-refractivity contribution in [1.82, 2.24) is 24.7 Å². The number of benzene rings is 2. The number of para-hydroxylation sites is 2. The van der Waals surface area contributed by atoms with E-state index in [0.717, 1.165) is 27.6 Å². The van der Waals surface area contributed by atoms with Crippen LogP contribution in [0.3, 0.4) is 0 Å². The van der Waals surface area contributed by atoms with Crippen molar-refractivity contribution in [2.24, 2.45) is 0 Å².